The van der Waals surface area contributed by atoms with Gasteiger partial charge in [-0.2, -0.15) is 0 Å². The van der Waals surface area contributed by atoms with Gasteiger partial charge in [0, 0.05) is 4.88 Å². The summed E-state index contributed by atoms with van der Waals surface area (Å²) in [5.41, 5.74) is 5.44. The molecular weight excluding hydrogens is 581 g/mol. The predicted octanol–water partition coefficient (Wildman–Crippen LogP) is 9.77. The van der Waals surface area contributed by atoms with E-state index >= 15 is 0 Å². The molecule has 2 aromatic rings. The zero-order chi connectivity index (χ0) is 32.7. The molecule has 244 valence electrons. The van der Waals surface area contributed by atoms with E-state index in [1.54, 1.807) is 0 Å². The molecule has 0 unspecified atom stereocenters. The van der Waals surface area contributed by atoms with Crippen LogP contribution in [0.3, 0.4) is 0 Å². The molecule has 0 radical (unpaired) electrons. The second-order valence-electron chi connectivity index (χ2n) is 16.0. The molecule has 0 fully saturated rings. The molecule has 0 saturated carbocycles. The van der Waals surface area contributed by atoms with Gasteiger partial charge in [-0.05, 0) is 122 Å². The minimum absolute atomic E-state index is 0.232. The highest BCUT2D eigenvalue weighted by molar-refractivity contribution is 7.11. The molecule has 0 bridgehead atoms. The van der Waals surface area contributed by atoms with Gasteiger partial charge in [0.15, 0.2) is 19.5 Å². The largest absolute Gasteiger partial charge is 0.415 e. The lowest BCUT2D eigenvalue weighted by atomic mass is 9.84. The first-order valence-corrected chi connectivity index (χ1v) is 20.1. The van der Waals surface area contributed by atoms with Gasteiger partial charge in [-0.1, -0.05) is 86.6 Å². The van der Waals surface area contributed by atoms with Gasteiger partial charge in [-0.15, -0.1) is 11.3 Å². The third-order valence-corrected chi connectivity index (χ3v) is 13.0. The van der Waals surface area contributed by atoms with Crippen LogP contribution in [0.25, 0.3) is 5.57 Å². The third-order valence-electron chi connectivity index (χ3n) is 8.48. The molecule has 1 N–H and O–H groups in total. The summed E-state index contributed by atoms with van der Waals surface area (Å²) < 4.78 is 13.5. The summed E-state index contributed by atoms with van der Waals surface area (Å²) in [6.07, 6.45) is 8.78. The summed E-state index contributed by atoms with van der Waals surface area (Å²) in [6.45, 7) is 29.1. The Bertz CT molecular complexity index is 1180. The van der Waals surface area contributed by atoms with E-state index in [9.17, 15) is 5.11 Å². The van der Waals surface area contributed by atoms with Crippen molar-refractivity contribution in [1.82, 2.24) is 0 Å². The quantitative estimate of drug-likeness (QED) is 0.185. The fourth-order valence-corrected chi connectivity index (χ4v) is 8.18. The Labute approximate surface area is 274 Å². The second-order valence-corrected chi connectivity index (χ2v) is 22.3. The average Bonchev–Trinajstić information content (AvgIpc) is 3.40. The molecule has 0 saturated heterocycles. The second kappa shape index (κ2) is 15.5. The van der Waals surface area contributed by atoms with Crippen molar-refractivity contribution in [2.45, 2.75) is 162 Å². The van der Waals surface area contributed by atoms with Gasteiger partial charge in [0.25, 0.3) is 0 Å². The molecule has 1 aromatic carbocycles. The van der Waals surface area contributed by atoms with E-state index in [1.807, 2.05) is 11.3 Å². The molecule has 0 aliphatic rings. The van der Waals surface area contributed by atoms with Crippen LogP contribution in [0.2, 0.25) is 10.1 Å². The number of aliphatic hydroxyl groups is 1. The number of hydrogen-bond acceptors (Lipinski definition) is 4. The molecule has 0 aliphatic carbocycles. The number of thiophene rings is 1. The van der Waals surface area contributed by atoms with E-state index in [2.05, 4.69) is 126 Å². The molecule has 0 amide bonds. The Morgan fingerprint density at radius 1 is 0.767 bits per heavy atom. The predicted molar refractivity (Wildman–Crippen MR) is 196 cm³/mol. The Balaban J connectivity index is 2.28. The maximum Gasteiger partial charge on any atom is 0.168 e. The topological polar surface area (TPSA) is 38.7 Å². The Hall–Kier alpha value is -1.03. The van der Waals surface area contributed by atoms with E-state index in [0.717, 1.165) is 44.9 Å². The monoisotopic (exact) mass is 644 g/mol. The molecule has 0 aliphatic heterocycles. The summed E-state index contributed by atoms with van der Waals surface area (Å²) in [4.78, 5) is 1.37. The number of allylic oxidation sites excluding steroid dienone is 2. The molecule has 0 spiro atoms. The van der Waals surface area contributed by atoms with Gasteiger partial charge >= 0.3 is 0 Å². The normalized spacial score (nSPS) is 14.6. The first-order valence-electron chi connectivity index (χ1n) is 16.6. The van der Waals surface area contributed by atoms with Crippen LogP contribution in [0.4, 0.5) is 0 Å². The van der Waals surface area contributed by atoms with E-state index < -0.39 is 25.1 Å². The molecule has 43 heavy (non-hydrogen) atoms. The van der Waals surface area contributed by atoms with Crippen LogP contribution in [-0.4, -0.2) is 30.2 Å². The van der Waals surface area contributed by atoms with Gasteiger partial charge in [0.1, 0.15) is 0 Å². The zero-order valence-electron chi connectivity index (χ0n) is 30.0. The van der Waals surface area contributed by atoms with Crippen LogP contribution in [0, 0.1) is 0 Å². The first-order chi connectivity index (χ1) is 19.7. The maximum absolute atomic E-state index is 10.7. The van der Waals surface area contributed by atoms with Crippen molar-refractivity contribution in [3.8, 4) is 0 Å². The van der Waals surface area contributed by atoms with Crippen LogP contribution in [0.1, 0.15) is 149 Å². The van der Waals surface area contributed by atoms with E-state index in [4.69, 9.17) is 8.85 Å². The first kappa shape index (κ1) is 38.2. The standard InChI is InChI=1S/C37H64O3SSi2/c1-14-29(18-17-23-37(38,15-2)16-3)32-25-28(26-41-32)20-19-27-21-22-30(35(10,11)39-42-33(4,5)6)31(24-27)36(12,13)40-43-34(7,8)9/h18,21-22,24-26,38H,14-17,19-20,23,42-43H2,1-13H3. The summed E-state index contributed by atoms with van der Waals surface area (Å²) in [7, 11) is -1.45. The Kier molecular flexibility index (Phi) is 13.8. The molecule has 1 heterocycles. The number of rotatable bonds is 16. The lowest BCUT2D eigenvalue weighted by molar-refractivity contribution is 0.0246. The van der Waals surface area contributed by atoms with Gasteiger partial charge in [-0.25, -0.2) is 0 Å². The lowest BCUT2D eigenvalue weighted by Gasteiger charge is -2.38. The molecule has 3 nitrogen and oxygen atoms in total. The fraction of sp³-hybridized carbons (Fsp3) is 0.676. The van der Waals surface area contributed by atoms with Crippen LogP contribution < -0.4 is 0 Å². The van der Waals surface area contributed by atoms with Gasteiger partial charge < -0.3 is 14.0 Å². The minimum atomic E-state index is -0.733. The van der Waals surface area contributed by atoms with E-state index in [0.29, 0.717) is 0 Å². The number of hydrogen-bond donors (Lipinski definition) is 1. The van der Waals surface area contributed by atoms with Crippen molar-refractivity contribution in [2.24, 2.45) is 0 Å². The zero-order valence-corrected chi connectivity index (χ0v) is 33.6. The van der Waals surface area contributed by atoms with Gasteiger partial charge in [0.2, 0.25) is 0 Å². The maximum atomic E-state index is 10.7. The number of benzene rings is 1. The SMILES string of the molecule is CCC(=CCCC(O)(CC)CC)c1cc(CCc2ccc(C(C)(C)O[SiH2]C(C)(C)C)c(C(C)(C)O[SiH2]C(C)(C)C)c2)cs1. The van der Waals surface area contributed by atoms with Gasteiger partial charge in [-0.3, -0.25) is 0 Å². The summed E-state index contributed by atoms with van der Waals surface area (Å²) in [5, 5.41) is 13.5. The Morgan fingerprint density at radius 3 is 1.81 bits per heavy atom. The van der Waals surface area contributed by atoms with Crippen LogP contribution in [0.5, 0.6) is 0 Å². The molecule has 1 aromatic heterocycles. The van der Waals surface area contributed by atoms with E-state index in [1.165, 1.54) is 32.7 Å². The highest BCUT2D eigenvalue weighted by atomic mass is 32.1. The molecule has 0 atom stereocenters. The Morgan fingerprint density at radius 2 is 1.30 bits per heavy atom. The van der Waals surface area contributed by atoms with Crippen molar-refractivity contribution >= 4 is 36.4 Å². The highest BCUT2D eigenvalue weighted by Crippen LogP contribution is 2.39. The molecule has 6 heteroatoms. The third kappa shape index (κ3) is 12.4. The minimum Gasteiger partial charge on any atom is -0.415 e. The molecular formula is C37H64O3SSi2. The summed E-state index contributed by atoms with van der Waals surface area (Å²) >= 11 is 1.86. The van der Waals surface area contributed by atoms with Crippen molar-refractivity contribution < 1.29 is 14.0 Å². The lowest BCUT2D eigenvalue weighted by Crippen LogP contribution is -2.34. The number of aryl methyl sites for hydroxylation is 2. The van der Waals surface area contributed by atoms with Crippen LogP contribution >= 0.6 is 11.3 Å². The van der Waals surface area contributed by atoms with Crippen LogP contribution in [0.15, 0.2) is 35.7 Å². The summed E-state index contributed by atoms with van der Waals surface area (Å²) in [5.74, 6) is 0. The average molecular weight is 645 g/mol. The smallest absolute Gasteiger partial charge is 0.168 e. The van der Waals surface area contributed by atoms with Gasteiger partial charge in [0.05, 0.1) is 16.8 Å². The van der Waals surface area contributed by atoms with Crippen molar-refractivity contribution in [3.63, 3.8) is 0 Å². The van der Waals surface area contributed by atoms with Crippen molar-refractivity contribution in [2.75, 3.05) is 0 Å². The summed E-state index contributed by atoms with van der Waals surface area (Å²) in [6, 6.07) is 9.42. The van der Waals surface area contributed by atoms with Crippen LogP contribution in [-0.2, 0) is 32.9 Å². The fourth-order valence-electron chi connectivity index (χ4n) is 5.22. The molecule has 2 rings (SSSR count). The van der Waals surface area contributed by atoms with Crippen molar-refractivity contribution in [3.05, 3.63) is 62.9 Å². The van der Waals surface area contributed by atoms with E-state index in [-0.39, 0.29) is 21.3 Å². The van der Waals surface area contributed by atoms with Crippen molar-refractivity contribution in [1.29, 1.82) is 0 Å². The highest BCUT2D eigenvalue weighted by Gasteiger charge is 2.34.